The van der Waals surface area contributed by atoms with E-state index < -0.39 is 6.10 Å². The van der Waals surface area contributed by atoms with Crippen molar-refractivity contribution >= 4 is 5.91 Å². The number of aryl methyl sites for hydroxylation is 1. The molecule has 0 aliphatic carbocycles. The number of benzene rings is 1. The molecule has 0 aromatic heterocycles. The minimum absolute atomic E-state index is 0.0724. The van der Waals surface area contributed by atoms with Crippen molar-refractivity contribution in [3.63, 3.8) is 0 Å². The first-order valence-electron chi connectivity index (χ1n) is 6.44. The summed E-state index contributed by atoms with van der Waals surface area (Å²) in [6.45, 7) is 9.94. The van der Waals surface area contributed by atoms with Crippen LogP contribution in [0.3, 0.4) is 0 Å². The topological polar surface area (TPSA) is 38.3 Å². The maximum absolute atomic E-state index is 11.9. The predicted molar refractivity (Wildman–Crippen MR) is 73.7 cm³/mol. The smallest absolute Gasteiger partial charge is 0.260 e. The van der Waals surface area contributed by atoms with Gasteiger partial charge in [-0.1, -0.05) is 31.5 Å². The molecule has 100 valence electrons. The van der Waals surface area contributed by atoms with Crippen molar-refractivity contribution in [1.82, 2.24) is 5.32 Å². The Kier molecular flexibility index (Phi) is 5.20. The Bertz CT molecular complexity index is 384. The van der Waals surface area contributed by atoms with Crippen molar-refractivity contribution < 1.29 is 9.53 Å². The van der Waals surface area contributed by atoms with Gasteiger partial charge < -0.3 is 10.1 Å². The van der Waals surface area contributed by atoms with Crippen molar-refractivity contribution in [3.05, 3.63) is 29.8 Å². The molecule has 18 heavy (non-hydrogen) atoms. The molecule has 0 saturated carbocycles. The number of carbonyl (C=O) groups excluding carboxylic acids is 1. The number of ether oxygens (including phenoxy) is 1. The Morgan fingerprint density at radius 2 is 1.67 bits per heavy atom. The molecule has 0 aliphatic heterocycles. The Balaban J connectivity index is 2.52. The van der Waals surface area contributed by atoms with Crippen LogP contribution in [0.4, 0.5) is 0 Å². The van der Waals surface area contributed by atoms with E-state index in [-0.39, 0.29) is 11.9 Å². The lowest BCUT2D eigenvalue weighted by Crippen LogP contribution is -2.43. The molecule has 1 rings (SSSR count). The maximum Gasteiger partial charge on any atom is 0.260 e. The summed E-state index contributed by atoms with van der Waals surface area (Å²) in [7, 11) is 0. The zero-order valence-corrected chi connectivity index (χ0v) is 11.9. The summed E-state index contributed by atoms with van der Waals surface area (Å²) >= 11 is 0. The fourth-order valence-electron chi connectivity index (χ4n) is 1.38. The summed E-state index contributed by atoms with van der Waals surface area (Å²) in [6, 6.07) is 7.85. The van der Waals surface area contributed by atoms with Gasteiger partial charge in [-0.25, -0.2) is 0 Å². The molecule has 1 N–H and O–H groups in total. The SMILES string of the molecule is Cc1ccc(O[C@H](C)C(=O)N[C@H](C)C(C)C)cc1. The van der Waals surface area contributed by atoms with E-state index in [1.165, 1.54) is 5.56 Å². The monoisotopic (exact) mass is 249 g/mol. The van der Waals surface area contributed by atoms with Gasteiger partial charge in [-0.05, 0) is 38.8 Å². The van der Waals surface area contributed by atoms with Crippen LogP contribution in [0, 0.1) is 12.8 Å². The van der Waals surface area contributed by atoms with Gasteiger partial charge in [0.2, 0.25) is 0 Å². The van der Waals surface area contributed by atoms with E-state index in [2.05, 4.69) is 19.2 Å². The molecule has 0 aliphatic rings. The third kappa shape index (κ3) is 4.40. The normalized spacial score (nSPS) is 14.1. The van der Waals surface area contributed by atoms with Gasteiger partial charge >= 0.3 is 0 Å². The van der Waals surface area contributed by atoms with Crippen LogP contribution < -0.4 is 10.1 Å². The number of hydrogen-bond acceptors (Lipinski definition) is 2. The average molecular weight is 249 g/mol. The third-order valence-electron chi connectivity index (χ3n) is 3.07. The lowest BCUT2D eigenvalue weighted by Gasteiger charge is -2.21. The number of nitrogens with one attached hydrogen (secondary N) is 1. The van der Waals surface area contributed by atoms with Crippen molar-refractivity contribution in [2.24, 2.45) is 5.92 Å². The Labute approximate surface area is 110 Å². The summed E-state index contributed by atoms with van der Waals surface area (Å²) in [5.41, 5.74) is 1.17. The molecule has 0 unspecified atom stereocenters. The lowest BCUT2D eigenvalue weighted by atomic mass is 10.1. The second-order valence-electron chi connectivity index (χ2n) is 5.11. The van der Waals surface area contributed by atoms with Crippen molar-refractivity contribution in [3.8, 4) is 5.75 Å². The number of carbonyl (C=O) groups is 1. The molecule has 0 spiro atoms. The van der Waals surface area contributed by atoms with Gasteiger partial charge in [0.15, 0.2) is 6.10 Å². The van der Waals surface area contributed by atoms with Gasteiger partial charge in [0, 0.05) is 6.04 Å². The second kappa shape index (κ2) is 6.43. The second-order valence-corrected chi connectivity index (χ2v) is 5.11. The molecule has 2 atom stereocenters. The van der Waals surface area contributed by atoms with Crippen LogP contribution in [0.1, 0.15) is 33.3 Å². The van der Waals surface area contributed by atoms with Crippen LogP contribution in [0.25, 0.3) is 0 Å². The summed E-state index contributed by atoms with van der Waals surface area (Å²) in [4.78, 5) is 11.9. The van der Waals surface area contributed by atoms with Crippen molar-refractivity contribution in [2.45, 2.75) is 46.8 Å². The van der Waals surface area contributed by atoms with Crippen molar-refractivity contribution in [2.75, 3.05) is 0 Å². The molecule has 0 bridgehead atoms. The largest absolute Gasteiger partial charge is 0.481 e. The van der Waals surface area contributed by atoms with Gasteiger partial charge in [-0.15, -0.1) is 0 Å². The van der Waals surface area contributed by atoms with Crippen LogP contribution in [0.15, 0.2) is 24.3 Å². The predicted octanol–water partition coefficient (Wildman–Crippen LogP) is 2.92. The highest BCUT2D eigenvalue weighted by Gasteiger charge is 2.18. The highest BCUT2D eigenvalue weighted by atomic mass is 16.5. The molecular formula is C15H23NO2. The van der Waals surface area contributed by atoms with E-state index in [1.54, 1.807) is 6.92 Å². The van der Waals surface area contributed by atoms with Crippen LogP contribution in [0.2, 0.25) is 0 Å². The van der Waals surface area contributed by atoms with Crippen LogP contribution in [0.5, 0.6) is 5.75 Å². The molecule has 1 amide bonds. The Morgan fingerprint density at radius 1 is 1.11 bits per heavy atom. The van der Waals surface area contributed by atoms with E-state index >= 15 is 0 Å². The standard InChI is InChI=1S/C15H23NO2/c1-10(2)12(4)16-15(17)13(5)18-14-8-6-11(3)7-9-14/h6-10,12-13H,1-5H3,(H,16,17)/t12-,13-/m1/s1. The number of rotatable bonds is 5. The molecule has 0 heterocycles. The number of amides is 1. The molecule has 0 fully saturated rings. The van der Waals surface area contributed by atoms with Crippen LogP contribution in [-0.2, 0) is 4.79 Å². The summed E-state index contributed by atoms with van der Waals surface area (Å²) in [5.74, 6) is 1.07. The van der Waals surface area contributed by atoms with Gasteiger partial charge in [0.1, 0.15) is 5.75 Å². The van der Waals surface area contributed by atoms with E-state index in [0.29, 0.717) is 5.92 Å². The average Bonchev–Trinajstić information content (AvgIpc) is 2.31. The molecule has 0 saturated heterocycles. The molecule has 3 heteroatoms. The maximum atomic E-state index is 11.9. The molecular weight excluding hydrogens is 226 g/mol. The number of hydrogen-bond donors (Lipinski definition) is 1. The Morgan fingerprint density at radius 3 is 2.17 bits per heavy atom. The van der Waals surface area contributed by atoms with Crippen molar-refractivity contribution in [1.29, 1.82) is 0 Å². The molecule has 1 aromatic carbocycles. The van der Waals surface area contributed by atoms with E-state index in [0.717, 1.165) is 5.75 Å². The van der Waals surface area contributed by atoms with Gasteiger partial charge in [-0.2, -0.15) is 0 Å². The van der Waals surface area contributed by atoms with Gasteiger partial charge in [-0.3, -0.25) is 4.79 Å². The summed E-state index contributed by atoms with van der Waals surface area (Å²) < 4.78 is 5.60. The van der Waals surface area contributed by atoms with Gasteiger partial charge in [0.25, 0.3) is 5.91 Å². The first kappa shape index (κ1) is 14.6. The quantitative estimate of drug-likeness (QED) is 0.871. The van der Waals surface area contributed by atoms with E-state index in [4.69, 9.17) is 4.74 Å². The third-order valence-corrected chi connectivity index (χ3v) is 3.07. The minimum Gasteiger partial charge on any atom is -0.481 e. The van der Waals surface area contributed by atoms with E-state index in [9.17, 15) is 4.79 Å². The highest BCUT2D eigenvalue weighted by Crippen LogP contribution is 2.13. The Hall–Kier alpha value is -1.51. The molecule has 1 aromatic rings. The van der Waals surface area contributed by atoms with Gasteiger partial charge in [0.05, 0.1) is 0 Å². The van der Waals surface area contributed by atoms with Crippen LogP contribution in [-0.4, -0.2) is 18.1 Å². The lowest BCUT2D eigenvalue weighted by molar-refractivity contribution is -0.128. The first-order valence-corrected chi connectivity index (χ1v) is 6.44. The molecule has 0 radical (unpaired) electrons. The molecule has 3 nitrogen and oxygen atoms in total. The zero-order chi connectivity index (χ0) is 13.7. The summed E-state index contributed by atoms with van der Waals surface area (Å²) in [6.07, 6.45) is -0.478. The first-order chi connectivity index (χ1) is 8.40. The zero-order valence-electron chi connectivity index (χ0n) is 11.9. The minimum atomic E-state index is -0.478. The summed E-state index contributed by atoms with van der Waals surface area (Å²) in [5, 5.41) is 2.95. The fourth-order valence-corrected chi connectivity index (χ4v) is 1.38. The van der Waals surface area contributed by atoms with E-state index in [1.807, 2.05) is 38.1 Å². The fraction of sp³-hybridized carbons (Fsp3) is 0.533. The highest BCUT2D eigenvalue weighted by molar-refractivity contribution is 5.81. The van der Waals surface area contributed by atoms with Crippen LogP contribution >= 0.6 is 0 Å².